The second-order valence-electron chi connectivity index (χ2n) is 5.66. The van der Waals surface area contributed by atoms with E-state index in [9.17, 15) is 0 Å². The molecule has 0 amide bonds. The molecule has 0 radical (unpaired) electrons. The summed E-state index contributed by atoms with van der Waals surface area (Å²) >= 11 is 0. The quantitative estimate of drug-likeness (QED) is 0.839. The van der Waals surface area contributed by atoms with Crippen LogP contribution >= 0.6 is 0 Å². The molecule has 1 aliphatic heterocycles. The zero-order valence-corrected chi connectivity index (χ0v) is 13.3. The van der Waals surface area contributed by atoms with Crippen LogP contribution in [0.25, 0.3) is 0 Å². The molecule has 0 bridgehead atoms. The molecule has 21 heavy (non-hydrogen) atoms. The average molecular weight is 292 g/mol. The molecule has 1 aliphatic rings. The van der Waals surface area contributed by atoms with Gasteiger partial charge in [0.05, 0.1) is 6.61 Å². The average Bonchev–Trinajstić information content (AvgIpc) is 2.51. The number of hydrogen-bond donors (Lipinski definition) is 1. The standard InChI is InChI=1S/C17H28N2O2/c1-3-20-16-7-9-17(10-8-16)21-12-11-19-14(2)5-4-6-15(19)13-18/h7-10,14-15H,3-6,11-13,18H2,1-2H3. The van der Waals surface area contributed by atoms with Crippen molar-refractivity contribution in [2.75, 3.05) is 26.3 Å². The minimum absolute atomic E-state index is 0.512. The van der Waals surface area contributed by atoms with Crippen molar-refractivity contribution in [1.82, 2.24) is 4.90 Å². The van der Waals surface area contributed by atoms with Gasteiger partial charge in [0.1, 0.15) is 18.1 Å². The molecule has 1 aromatic carbocycles. The SMILES string of the molecule is CCOc1ccc(OCCN2C(C)CCCC2CN)cc1. The Balaban J connectivity index is 1.79. The first-order valence-electron chi connectivity index (χ1n) is 8.06. The molecule has 2 atom stereocenters. The summed E-state index contributed by atoms with van der Waals surface area (Å²) in [5.74, 6) is 1.78. The number of nitrogens with two attached hydrogens (primary N) is 1. The first kappa shape index (κ1) is 16.1. The van der Waals surface area contributed by atoms with Crippen molar-refractivity contribution in [2.45, 2.75) is 45.2 Å². The Morgan fingerprint density at radius 2 is 1.81 bits per heavy atom. The number of rotatable bonds is 7. The van der Waals surface area contributed by atoms with E-state index in [2.05, 4.69) is 11.8 Å². The molecule has 0 aromatic heterocycles. The highest BCUT2D eigenvalue weighted by atomic mass is 16.5. The molecule has 1 heterocycles. The smallest absolute Gasteiger partial charge is 0.119 e. The molecule has 0 aliphatic carbocycles. The van der Waals surface area contributed by atoms with Crippen LogP contribution in [0.15, 0.2) is 24.3 Å². The summed E-state index contributed by atoms with van der Waals surface area (Å²) in [5, 5.41) is 0. The fourth-order valence-electron chi connectivity index (χ4n) is 3.06. The van der Waals surface area contributed by atoms with Crippen molar-refractivity contribution >= 4 is 0 Å². The van der Waals surface area contributed by atoms with Crippen molar-refractivity contribution in [2.24, 2.45) is 5.73 Å². The molecular weight excluding hydrogens is 264 g/mol. The zero-order chi connectivity index (χ0) is 15.1. The minimum atomic E-state index is 0.512. The highest BCUT2D eigenvalue weighted by Crippen LogP contribution is 2.22. The third-order valence-electron chi connectivity index (χ3n) is 4.22. The van der Waals surface area contributed by atoms with Crippen LogP contribution in [0.2, 0.25) is 0 Å². The molecule has 4 nitrogen and oxygen atoms in total. The largest absolute Gasteiger partial charge is 0.494 e. The van der Waals surface area contributed by atoms with Crippen LogP contribution in [0.3, 0.4) is 0 Å². The first-order valence-corrected chi connectivity index (χ1v) is 8.06. The molecule has 1 fully saturated rings. The lowest BCUT2D eigenvalue weighted by molar-refractivity contribution is 0.0799. The van der Waals surface area contributed by atoms with E-state index in [0.717, 1.165) is 24.6 Å². The lowest BCUT2D eigenvalue weighted by Gasteiger charge is -2.40. The molecule has 0 spiro atoms. The second kappa shape index (κ2) is 8.25. The van der Waals surface area contributed by atoms with Crippen LogP contribution in [0.4, 0.5) is 0 Å². The van der Waals surface area contributed by atoms with Crippen LogP contribution in [0, 0.1) is 0 Å². The van der Waals surface area contributed by atoms with Gasteiger partial charge in [0.2, 0.25) is 0 Å². The summed E-state index contributed by atoms with van der Waals surface area (Å²) in [6, 6.07) is 8.94. The molecule has 1 saturated heterocycles. The number of benzene rings is 1. The number of ether oxygens (including phenoxy) is 2. The molecule has 2 N–H and O–H groups in total. The molecular formula is C17H28N2O2. The fourth-order valence-corrected chi connectivity index (χ4v) is 3.06. The van der Waals surface area contributed by atoms with Gasteiger partial charge in [0.15, 0.2) is 0 Å². The maximum absolute atomic E-state index is 5.89. The van der Waals surface area contributed by atoms with Gasteiger partial charge >= 0.3 is 0 Å². The van der Waals surface area contributed by atoms with Gasteiger partial charge in [0, 0.05) is 25.2 Å². The Kier molecular flexibility index (Phi) is 6.33. The van der Waals surface area contributed by atoms with Gasteiger partial charge in [-0.1, -0.05) is 6.42 Å². The van der Waals surface area contributed by atoms with Crippen LogP contribution in [0.1, 0.15) is 33.1 Å². The van der Waals surface area contributed by atoms with Crippen molar-refractivity contribution < 1.29 is 9.47 Å². The number of hydrogen-bond acceptors (Lipinski definition) is 4. The van der Waals surface area contributed by atoms with E-state index in [0.29, 0.717) is 25.3 Å². The summed E-state index contributed by atoms with van der Waals surface area (Å²) in [7, 11) is 0. The van der Waals surface area contributed by atoms with Crippen LogP contribution in [0.5, 0.6) is 11.5 Å². The Labute approximate surface area is 128 Å². The maximum atomic E-state index is 5.89. The predicted octanol–water partition coefficient (Wildman–Crippen LogP) is 2.67. The van der Waals surface area contributed by atoms with E-state index in [-0.39, 0.29) is 0 Å². The highest BCUT2D eigenvalue weighted by Gasteiger charge is 2.26. The van der Waals surface area contributed by atoms with Gasteiger partial charge in [-0.15, -0.1) is 0 Å². The number of nitrogens with zero attached hydrogens (tertiary/aromatic N) is 1. The van der Waals surface area contributed by atoms with Crippen molar-refractivity contribution in [3.8, 4) is 11.5 Å². The van der Waals surface area contributed by atoms with Crippen LogP contribution in [-0.4, -0.2) is 43.3 Å². The summed E-state index contributed by atoms with van der Waals surface area (Å²) in [6.07, 6.45) is 3.77. The lowest BCUT2D eigenvalue weighted by Crippen LogP contribution is -2.50. The number of likely N-dealkylation sites (tertiary alicyclic amines) is 1. The van der Waals surface area contributed by atoms with Crippen molar-refractivity contribution in [3.05, 3.63) is 24.3 Å². The van der Waals surface area contributed by atoms with Crippen molar-refractivity contribution in [1.29, 1.82) is 0 Å². The minimum Gasteiger partial charge on any atom is -0.494 e. The topological polar surface area (TPSA) is 47.7 Å². The van der Waals surface area contributed by atoms with Gasteiger partial charge < -0.3 is 15.2 Å². The fraction of sp³-hybridized carbons (Fsp3) is 0.647. The van der Waals surface area contributed by atoms with Crippen LogP contribution < -0.4 is 15.2 Å². The lowest BCUT2D eigenvalue weighted by atomic mass is 9.96. The number of piperidine rings is 1. The maximum Gasteiger partial charge on any atom is 0.119 e. The third kappa shape index (κ3) is 4.61. The molecule has 2 rings (SSSR count). The molecule has 2 unspecified atom stereocenters. The monoisotopic (exact) mass is 292 g/mol. The Morgan fingerprint density at radius 1 is 1.14 bits per heavy atom. The highest BCUT2D eigenvalue weighted by molar-refractivity contribution is 5.31. The van der Waals surface area contributed by atoms with E-state index in [1.165, 1.54) is 19.3 Å². The summed E-state index contributed by atoms with van der Waals surface area (Å²) in [6.45, 7) is 7.35. The van der Waals surface area contributed by atoms with Crippen LogP contribution in [-0.2, 0) is 0 Å². The van der Waals surface area contributed by atoms with E-state index < -0.39 is 0 Å². The molecule has 118 valence electrons. The van der Waals surface area contributed by atoms with Crippen molar-refractivity contribution in [3.63, 3.8) is 0 Å². The van der Waals surface area contributed by atoms with Gasteiger partial charge in [-0.05, 0) is 51.0 Å². The summed E-state index contributed by atoms with van der Waals surface area (Å²) in [4.78, 5) is 2.50. The molecule has 4 heteroatoms. The summed E-state index contributed by atoms with van der Waals surface area (Å²) < 4.78 is 11.3. The Bertz CT molecular complexity index is 408. The van der Waals surface area contributed by atoms with Gasteiger partial charge in [-0.3, -0.25) is 4.90 Å². The first-order chi connectivity index (χ1) is 10.2. The summed E-state index contributed by atoms with van der Waals surface area (Å²) in [5.41, 5.74) is 5.89. The predicted molar refractivity (Wildman–Crippen MR) is 86.0 cm³/mol. The zero-order valence-electron chi connectivity index (χ0n) is 13.3. The van der Waals surface area contributed by atoms with E-state index in [1.807, 2.05) is 31.2 Å². The Morgan fingerprint density at radius 3 is 2.43 bits per heavy atom. The van der Waals surface area contributed by atoms with Gasteiger partial charge in [-0.25, -0.2) is 0 Å². The Hall–Kier alpha value is -1.26. The second-order valence-corrected chi connectivity index (χ2v) is 5.66. The van der Waals surface area contributed by atoms with Gasteiger partial charge in [0.25, 0.3) is 0 Å². The molecule has 1 aromatic rings. The van der Waals surface area contributed by atoms with E-state index in [1.54, 1.807) is 0 Å². The third-order valence-corrected chi connectivity index (χ3v) is 4.22. The van der Waals surface area contributed by atoms with E-state index in [4.69, 9.17) is 15.2 Å². The molecule has 0 saturated carbocycles. The van der Waals surface area contributed by atoms with Gasteiger partial charge in [-0.2, -0.15) is 0 Å². The normalized spacial score (nSPS) is 23.0. The van der Waals surface area contributed by atoms with E-state index >= 15 is 0 Å².